The number of likely N-dealkylation sites (tertiary alicyclic amines) is 1. The van der Waals surface area contributed by atoms with Crippen LogP contribution in [-0.4, -0.2) is 51.9 Å². The molecule has 138 valence electrons. The van der Waals surface area contributed by atoms with Gasteiger partial charge in [0.05, 0.1) is 17.8 Å². The molecule has 7 heteroatoms. The molecular formula is C19H23N3O4. The van der Waals surface area contributed by atoms with Crippen molar-refractivity contribution in [3.63, 3.8) is 0 Å². The number of carbonyl (C=O) groups is 2. The summed E-state index contributed by atoms with van der Waals surface area (Å²) in [4.78, 5) is 25.9. The lowest BCUT2D eigenvalue weighted by atomic mass is 9.92. The zero-order valence-electron chi connectivity index (χ0n) is 15.0. The van der Waals surface area contributed by atoms with E-state index in [1.54, 1.807) is 24.9 Å². The average Bonchev–Trinajstić information content (AvgIpc) is 3.18. The Hall–Kier alpha value is -2.67. The Morgan fingerprint density at radius 2 is 1.88 bits per heavy atom. The minimum Gasteiger partial charge on any atom is -0.478 e. The zero-order valence-corrected chi connectivity index (χ0v) is 15.0. The number of hydrogen-bond acceptors (Lipinski definition) is 4. The molecule has 1 amide bonds. The lowest BCUT2D eigenvalue weighted by Crippen LogP contribution is -2.49. The van der Waals surface area contributed by atoms with Crippen molar-refractivity contribution in [2.75, 3.05) is 20.2 Å². The number of methoxy groups -OCH3 is 1. The number of rotatable bonds is 5. The van der Waals surface area contributed by atoms with Crippen molar-refractivity contribution >= 4 is 11.9 Å². The summed E-state index contributed by atoms with van der Waals surface area (Å²) in [6, 6.07) is 9.58. The topological polar surface area (TPSA) is 84.7 Å². The van der Waals surface area contributed by atoms with E-state index in [4.69, 9.17) is 9.84 Å². The number of aromatic carboxylic acids is 1. The van der Waals surface area contributed by atoms with Gasteiger partial charge in [-0.25, -0.2) is 4.79 Å². The van der Waals surface area contributed by atoms with Crippen LogP contribution in [0.5, 0.6) is 0 Å². The number of piperidine rings is 1. The number of ether oxygens (including phenoxy) is 1. The highest BCUT2D eigenvalue weighted by Crippen LogP contribution is 2.30. The normalized spacial score (nSPS) is 17.7. The summed E-state index contributed by atoms with van der Waals surface area (Å²) in [5, 5.41) is 13.2. The highest BCUT2D eigenvalue weighted by atomic mass is 16.5. The fourth-order valence-electron chi connectivity index (χ4n) is 3.37. The molecule has 1 N–H and O–H groups in total. The molecule has 26 heavy (non-hydrogen) atoms. The molecule has 0 bridgehead atoms. The van der Waals surface area contributed by atoms with Crippen molar-refractivity contribution in [3.05, 3.63) is 53.9 Å². The number of carbonyl (C=O) groups excluding carboxylic acids is 1. The quantitative estimate of drug-likeness (QED) is 0.888. The molecule has 1 aliphatic heterocycles. The summed E-state index contributed by atoms with van der Waals surface area (Å²) >= 11 is 0. The van der Waals surface area contributed by atoms with Gasteiger partial charge in [-0.05, 0) is 25.3 Å². The molecule has 0 radical (unpaired) electrons. The third-order valence-electron chi connectivity index (χ3n) is 5.12. The van der Waals surface area contributed by atoms with Crippen molar-refractivity contribution in [1.29, 1.82) is 0 Å². The molecule has 1 unspecified atom stereocenters. The van der Waals surface area contributed by atoms with Gasteiger partial charge in [-0.2, -0.15) is 5.10 Å². The van der Waals surface area contributed by atoms with Crippen molar-refractivity contribution in [2.24, 2.45) is 0 Å². The Kier molecular flexibility index (Phi) is 5.08. The van der Waals surface area contributed by atoms with Gasteiger partial charge in [0, 0.05) is 26.4 Å². The maximum atomic E-state index is 13.1. The maximum absolute atomic E-state index is 13.1. The molecule has 0 aliphatic carbocycles. The summed E-state index contributed by atoms with van der Waals surface area (Å²) in [7, 11) is 1.55. The van der Waals surface area contributed by atoms with Crippen LogP contribution in [0.1, 0.15) is 41.7 Å². The van der Waals surface area contributed by atoms with Gasteiger partial charge in [0.1, 0.15) is 0 Å². The predicted molar refractivity (Wildman–Crippen MR) is 94.8 cm³/mol. The molecule has 1 aliphatic rings. The van der Waals surface area contributed by atoms with Gasteiger partial charge in [-0.3, -0.25) is 9.48 Å². The van der Waals surface area contributed by atoms with Crippen LogP contribution in [-0.2, 0) is 15.1 Å². The van der Waals surface area contributed by atoms with Crippen LogP contribution in [0, 0.1) is 0 Å². The highest BCUT2D eigenvalue weighted by Gasteiger charge is 2.39. The Morgan fingerprint density at radius 1 is 1.23 bits per heavy atom. The van der Waals surface area contributed by atoms with Crippen molar-refractivity contribution in [3.8, 4) is 0 Å². The van der Waals surface area contributed by atoms with Crippen LogP contribution in [0.3, 0.4) is 0 Å². The Labute approximate surface area is 152 Å². The minimum absolute atomic E-state index is 0.0589. The molecular weight excluding hydrogens is 334 g/mol. The fourth-order valence-corrected chi connectivity index (χ4v) is 3.37. The molecule has 1 saturated heterocycles. The Balaban J connectivity index is 1.68. The number of carboxylic acid groups (broad SMARTS) is 1. The first-order valence-electron chi connectivity index (χ1n) is 8.63. The molecule has 7 nitrogen and oxygen atoms in total. The van der Waals surface area contributed by atoms with Crippen molar-refractivity contribution < 1.29 is 19.4 Å². The smallest absolute Gasteiger partial charge is 0.338 e. The van der Waals surface area contributed by atoms with Crippen LogP contribution < -0.4 is 0 Å². The molecule has 0 spiro atoms. The lowest BCUT2D eigenvalue weighted by molar-refractivity contribution is -0.155. The van der Waals surface area contributed by atoms with E-state index in [0.29, 0.717) is 13.1 Å². The van der Waals surface area contributed by atoms with E-state index in [1.807, 2.05) is 35.2 Å². The van der Waals surface area contributed by atoms with E-state index in [9.17, 15) is 9.59 Å². The molecule has 1 atom stereocenters. The van der Waals surface area contributed by atoms with Gasteiger partial charge in [0.15, 0.2) is 5.60 Å². The highest BCUT2D eigenvalue weighted by molar-refractivity contribution is 5.87. The number of carboxylic acids is 1. The SMILES string of the molecule is COC(C)(C(=O)N1CCC(n2cc(C(=O)O)cn2)CC1)c1ccccc1. The number of benzene rings is 1. The van der Waals surface area contributed by atoms with Crippen LogP contribution in [0.25, 0.3) is 0 Å². The standard InChI is InChI=1S/C19H23N3O4/c1-19(26-2,15-6-4-3-5-7-15)18(25)21-10-8-16(9-11-21)22-13-14(12-20-22)17(23)24/h3-7,12-13,16H,8-11H2,1-2H3,(H,23,24). The first-order chi connectivity index (χ1) is 12.5. The molecule has 2 heterocycles. The van der Waals surface area contributed by atoms with Gasteiger partial charge in [-0.15, -0.1) is 0 Å². The fraction of sp³-hybridized carbons (Fsp3) is 0.421. The molecule has 0 saturated carbocycles. The van der Waals surface area contributed by atoms with Gasteiger partial charge >= 0.3 is 5.97 Å². The number of amides is 1. The van der Waals surface area contributed by atoms with Crippen LogP contribution in [0.2, 0.25) is 0 Å². The number of nitrogens with zero attached hydrogens (tertiary/aromatic N) is 3. The first-order valence-corrected chi connectivity index (χ1v) is 8.63. The van der Waals surface area contributed by atoms with E-state index in [2.05, 4.69) is 5.10 Å². The van der Waals surface area contributed by atoms with Crippen LogP contribution in [0.15, 0.2) is 42.7 Å². The summed E-state index contributed by atoms with van der Waals surface area (Å²) in [6.07, 6.45) is 4.35. The molecule has 1 fully saturated rings. The van der Waals surface area contributed by atoms with Crippen molar-refractivity contribution in [2.45, 2.75) is 31.4 Å². The van der Waals surface area contributed by atoms with Gasteiger partial charge in [0.2, 0.25) is 0 Å². The molecule has 2 aromatic rings. The maximum Gasteiger partial charge on any atom is 0.338 e. The monoisotopic (exact) mass is 357 g/mol. The Bertz CT molecular complexity index is 781. The lowest BCUT2D eigenvalue weighted by Gasteiger charge is -2.38. The second-order valence-corrected chi connectivity index (χ2v) is 6.64. The summed E-state index contributed by atoms with van der Waals surface area (Å²) in [5.41, 5.74) is -0.0108. The molecule has 3 rings (SSSR count). The van der Waals surface area contributed by atoms with E-state index in [-0.39, 0.29) is 17.5 Å². The van der Waals surface area contributed by atoms with Crippen LogP contribution in [0.4, 0.5) is 0 Å². The van der Waals surface area contributed by atoms with Crippen LogP contribution >= 0.6 is 0 Å². The number of aromatic nitrogens is 2. The minimum atomic E-state index is -1.02. The molecule has 1 aromatic carbocycles. The first kappa shape index (κ1) is 18.1. The predicted octanol–water partition coefficient (Wildman–Crippen LogP) is 2.31. The summed E-state index contributed by atoms with van der Waals surface area (Å²) in [5.74, 6) is -1.04. The summed E-state index contributed by atoms with van der Waals surface area (Å²) < 4.78 is 7.30. The molecule has 1 aromatic heterocycles. The van der Waals surface area contributed by atoms with Gasteiger partial charge in [0.25, 0.3) is 5.91 Å². The zero-order chi connectivity index (χ0) is 18.7. The van der Waals surface area contributed by atoms with E-state index >= 15 is 0 Å². The summed E-state index contributed by atoms with van der Waals surface area (Å²) in [6.45, 7) is 2.96. The number of hydrogen-bond donors (Lipinski definition) is 1. The van der Waals surface area contributed by atoms with Gasteiger partial charge < -0.3 is 14.7 Å². The average molecular weight is 357 g/mol. The third kappa shape index (κ3) is 3.35. The second-order valence-electron chi connectivity index (χ2n) is 6.64. The van der Waals surface area contributed by atoms with Crippen molar-refractivity contribution in [1.82, 2.24) is 14.7 Å². The Morgan fingerprint density at radius 3 is 2.42 bits per heavy atom. The second kappa shape index (κ2) is 7.29. The largest absolute Gasteiger partial charge is 0.478 e. The third-order valence-corrected chi connectivity index (χ3v) is 5.12. The van der Waals surface area contributed by atoms with Gasteiger partial charge in [-0.1, -0.05) is 30.3 Å². The van der Waals surface area contributed by atoms with E-state index in [1.165, 1.54) is 6.20 Å². The van der Waals surface area contributed by atoms with E-state index < -0.39 is 11.6 Å². The van der Waals surface area contributed by atoms with E-state index in [0.717, 1.165) is 18.4 Å².